The Kier molecular flexibility index (Phi) is 6.37. The molecule has 0 radical (unpaired) electrons. The number of thiazole rings is 1. The Morgan fingerprint density at radius 1 is 1.19 bits per heavy atom. The van der Waals surface area contributed by atoms with Crippen LogP contribution in [0, 0.1) is 6.92 Å². The van der Waals surface area contributed by atoms with Gasteiger partial charge in [0.15, 0.2) is 5.13 Å². The van der Waals surface area contributed by atoms with Crippen molar-refractivity contribution in [1.29, 1.82) is 0 Å². The molecular weight excluding hydrogens is 424 g/mol. The van der Waals surface area contributed by atoms with Crippen molar-refractivity contribution < 1.29 is 19.4 Å². The van der Waals surface area contributed by atoms with Crippen molar-refractivity contribution in [3.8, 4) is 5.75 Å². The average Bonchev–Trinajstić information content (AvgIpc) is 3.41. The van der Waals surface area contributed by atoms with Crippen LogP contribution in [0.25, 0.3) is 5.76 Å². The van der Waals surface area contributed by atoms with Crippen molar-refractivity contribution >= 4 is 33.9 Å². The van der Waals surface area contributed by atoms with Crippen molar-refractivity contribution in [3.63, 3.8) is 0 Å². The van der Waals surface area contributed by atoms with Gasteiger partial charge >= 0.3 is 5.91 Å². The molecule has 2 heterocycles. The van der Waals surface area contributed by atoms with E-state index in [0.29, 0.717) is 23.1 Å². The van der Waals surface area contributed by atoms with Gasteiger partial charge in [-0.1, -0.05) is 55.3 Å². The molecule has 0 spiro atoms. The molecule has 0 saturated carbocycles. The van der Waals surface area contributed by atoms with Crippen LogP contribution >= 0.6 is 11.3 Å². The molecule has 1 aromatic heterocycles. The molecule has 2 aromatic carbocycles. The molecule has 3 aromatic rings. The van der Waals surface area contributed by atoms with Crippen molar-refractivity contribution in [2.45, 2.75) is 32.7 Å². The molecule has 4 rings (SSSR count). The van der Waals surface area contributed by atoms with Crippen LogP contribution in [-0.2, 0) is 9.59 Å². The highest BCUT2D eigenvalue weighted by Crippen LogP contribution is 2.42. The topological polar surface area (TPSA) is 79.7 Å². The van der Waals surface area contributed by atoms with Crippen LogP contribution in [-0.4, -0.2) is 28.4 Å². The molecule has 1 amide bonds. The molecule has 0 bridgehead atoms. The Hall–Kier alpha value is -3.45. The van der Waals surface area contributed by atoms with E-state index in [1.165, 1.54) is 16.2 Å². The van der Waals surface area contributed by atoms with E-state index < -0.39 is 17.7 Å². The number of amides is 1. The van der Waals surface area contributed by atoms with Gasteiger partial charge in [0.2, 0.25) is 0 Å². The lowest BCUT2D eigenvalue weighted by Crippen LogP contribution is -2.29. The fourth-order valence-corrected chi connectivity index (χ4v) is 4.32. The lowest BCUT2D eigenvalue weighted by Gasteiger charge is -2.23. The minimum atomic E-state index is -0.772. The zero-order chi connectivity index (χ0) is 22.7. The van der Waals surface area contributed by atoms with E-state index in [-0.39, 0.29) is 11.3 Å². The number of rotatable bonds is 7. The summed E-state index contributed by atoms with van der Waals surface area (Å²) in [7, 11) is 0. The first kappa shape index (κ1) is 21.8. The number of aryl methyl sites for hydroxylation is 1. The minimum absolute atomic E-state index is 0.0414. The first-order chi connectivity index (χ1) is 15.5. The molecule has 164 valence electrons. The molecule has 32 heavy (non-hydrogen) atoms. The van der Waals surface area contributed by atoms with Gasteiger partial charge in [0.25, 0.3) is 5.78 Å². The van der Waals surface area contributed by atoms with Crippen LogP contribution in [0.5, 0.6) is 5.75 Å². The summed E-state index contributed by atoms with van der Waals surface area (Å²) in [6.45, 7) is 4.61. The van der Waals surface area contributed by atoms with Crippen LogP contribution in [0.4, 0.5) is 5.13 Å². The van der Waals surface area contributed by atoms with Crippen LogP contribution in [0.2, 0.25) is 0 Å². The number of unbranched alkanes of at least 4 members (excludes halogenated alkanes) is 1. The minimum Gasteiger partial charge on any atom is -0.507 e. The molecule has 1 N–H and O–H groups in total. The second-order valence-corrected chi connectivity index (χ2v) is 8.50. The van der Waals surface area contributed by atoms with E-state index in [1.807, 2.05) is 31.2 Å². The second-order valence-electron chi connectivity index (χ2n) is 7.62. The van der Waals surface area contributed by atoms with Crippen molar-refractivity contribution in [1.82, 2.24) is 4.98 Å². The van der Waals surface area contributed by atoms with Gasteiger partial charge < -0.3 is 9.84 Å². The predicted octanol–water partition coefficient (Wildman–Crippen LogP) is 5.26. The molecule has 1 aliphatic rings. The molecule has 7 heteroatoms. The summed E-state index contributed by atoms with van der Waals surface area (Å²) < 4.78 is 5.75. The summed E-state index contributed by atoms with van der Waals surface area (Å²) in [4.78, 5) is 31.7. The molecule has 1 unspecified atom stereocenters. The maximum absolute atomic E-state index is 13.1. The molecular formula is C25H24N2O4S. The average molecular weight is 449 g/mol. The Bertz CT molecular complexity index is 1150. The smallest absolute Gasteiger partial charge is 0.301 e. The molecule has 1 aliphatic heterocycles. The second kappa shape index (κ2) is 9.36. The number of carbonyl (C=O) groups is 2. The number of hydrogen-bond acceptors (Lipinski definition) is 6. The van der Waals surface area contributed by atoms with Crippen LogP contribution in [0.15, 0.2) is 65.7 Å². The number of benzene rings is 2. The molecule has 1 fully saturated rings. The maximum atomic E-state index is 13.1. The van der Waals surface area contributed by atoms with Gasteiger partial charge in [0.1, 0.15) is 11.5 Å². The van der Waals surface area contributed by atoms with E-state index in [1.54, 1.807) is 35.8 Å². The first-order valence-corrected chi connectivity index (χ1v) is 11.4. The summed E-state index contributed by atoms with van der Waals surface area (Å²) in [5, 5.41) is 13.4. The predicted molar refractivity (Wildman–Crippen MR) is 125 cm³/mol. The normalized spacial score (nSPS) is 17.7. The lowest BCUT2D eigenvalue weighted by atomic mass is 9.95. The fraction of sp³-hybridized carbons (Fsp3) is 0.240. The van der Waals surface area contributed by atoms with Crippen molar-refractivity contribution in [3.05, 3.63) is 82.4 Å². The Labute approximate surface area is 190 Å². The highest BCUT2D eigenvalue weighted by molar-refractivity contribution is 7.14. The zero-order valence-electron chi connectivity index (χ0n) is 17.9. The lowest BCUT2D eigenvalue weighted by molar-refractivity contribution is -0.132. The van der Waals surface area contributed by atoms with E-state index in [9.17, 15) is 14.7 Å². The first-order valence-electron chi connectivity index (χ1n) is 10.5. The summed E-state index contributed by atoms with van der Waals surface area (Å²) in [6.07, 6.45) is 3.52. The van der Waals surface area contributed by atoms with E-state index in [2.05, 4.69) is 11.9 Å². The van der Waals surface area contributed by atoms with Gasteiger partial charge in [-0.15, -0.1) is 11.3 Å². The molecule has 0 aliphatic carbocycles. The van der Waals surface area contributed by atoms with E-state index in [4.69, 9.17) is 4.74 Å². The van der Waals surface area contributed by atoms with E-state index >= 15 is 0 Å². The van der Waals surface area contributed by atoms with Gasteiger partial charge in [-0.05, 0) is 31.0 Å². The molecule has 6 nitrogen and oxygen atoms in total. The quantitative estimate of drug-likeness (QED) is 0.231. The zero-order valence-corrected chi connectivity index (χ0v) is 18.8. The van der Waals surface area contributed by atoms with Gasteiger partial charge in [-0.2, -0.15) is 0 Å². The SMILES string of the molecule is CCCCOc1cccc(C(O)=C2C(=O)C(=O)N(c3nccs3)C2c2ccc(C)cc2)c1. The fourth-order valence-electron chi connectivity index (χ4n) is 3.65. The third-order valence-electron chi connectivity index (χ3n) is 5.34. The van der Waals surface area contributed by atoms with Crippen LogP contribution < -0.4 is 9.64 Å². The van der Waals surface area contributed by atoms with Gasteiger partial charge in [-0.25, -0.2) is 4.98 Å². The number of anilines is 1. The van der Waals surface area contributed by atoms with Gasteiger partial charge in [0.05, 0.1) is 18.2 Å². The maximum Gasteiger partial charge on any atom is 0.301 e. The number of hydrogen-bond donors (Lipinski definition) is 1. The number of ketones is 1. The Morgan fingerprint density at radius 2 is 1.97 bits per heavy atom. The van der Waals surface area contributed by atoms with E-state index in [0.717, 1.165) is 24.0 Å². The highest BCUT2D eigenvalue weighted by atomic mass is 32.1. The highest BCUT2D eigenvalue weighted by Gasteiger charge is 2.47. The van der Waals surface area contributed by atoms with Crippen molar-refractivity contribution in [2.75, 3.05) is 11.5 Å². The standard InChI is InChI=1S/C25H24N2O4S/c1-3-4-13-31-19-7-5-6-18(15-19)22(28)20-21(17-10-8-16(2)9-11-17)27(24(30)23(20)29)25-26-12-14-32-25/h5-12,14-15,21,28H,3-4,13H2,1-2H3. The number of ether oxygens (including phenoxy) is 1. The number of aliphatic hydroxyl groups is 1. The Morgan fingerprint density at radius 3 is 2.66 bits per heavy atom. The van der Waals surface area contributed by atoms with Crippen LogP contribution in [0.1, 0.15) is 42.5 Å². The summed E-state index contributed by atoms with van der Waals surface area (Å²) in [5.41, 5.74) is 2.24. The Balaban J connectivity index is 1.82. The number of nitrogens with zero attached hydrogens (tertiary/aromatic N) is 2. The van der Waals surface area contributed by atoms with Gasteiger partial charge in [0, 0.05) is 17.1 Å². The monoisotopic (exact) mass is 448 g/mol. The molecule has 1 atom stereocenters. The third kappa shape index (κ3) is 4.16. The summed E-state index contributed by atoms with van der Waals surface area (Å²) in [6, 6.07) is 13.7. The largest absolute Gasteiger partial charge is 0.507 e. The third-order valence-corrected chi connectivity index (χ3v) is 6.11. The number of aromatic nitrogens is 1. The van der Waals surface area contributed by atoms with Crippen LogP contribution in [0.3, 0.4) is 0 Å². The molecule has 1 saturated heterocycles. The number of carbonyl (C=O) groups excluding carboxylic acids is 2. The number of aliphatic hydroxyl groups excluding tert-OH is 1. The van der Waals surface area contributed by atoms with Crippen molar-refractivity contribution in [2.24, 2.45) is 0 Å². The summed E-state index contributed by atoms with van der Waals surface area (Å²) in [5.74, 6) is -1.07. The summed E-state index contributed by atoms with van der Waals surface area (Å²) >= 11 is 1.27. The van der Waals surface area contributed by atoms with Gasteiger partial charge in [-0.3, -0.25) is 14.5 Å². The number of Topliss-reactive ketones (excluding diaryl/α,β-unsaturated/α-hetero) is 1.